The fraction of sp³-hybridized carbons (Fsp3) is 0.208. The summed E-state index contributed by atoms with van der Waals surface area (Å²) in [4.78, 5) is 12.5. The molecule has 3 rings (SSSR count). The third kappa shape index (κ3) is 6.34. The van der Waals surface area contributed by atoms with Crippen LogP contribution in [0.1, 0.15) is 34.3 Å². The van der Waals surface area contributed by atoms with Gasteiger partial charge in [0.2, 0.25) is 10.0 Å². The first-order valence-corrected chi connectivity index (χ1v) is 13.0. The molecule has 0 spiro atoms. The van der Waals surface area contributed by atoms with E-state index in [-0.39, 0.29) is 18.4 Å². The van der Waals surface area contributed by atoms with Gasteiger partial charge in [-0.15, -0.1) is 0 Å². The molecule has 3 aromatic carbocycles. The van der Waals surface area contributed by atoms with E-state index in [1.54, 1.807) is 42.5 Å². The average molecular weight is 536 g/mol. The molecule has 32 heavy (non-hydrogen) atoms. The molecule has 0 fully saturated rings. The zero-order valence-corrected chi connectivity index (χ0v) is 20.9. The molecule has 1 amide bonds. The van der Waals surface area contributed by atoms with E-state index in [0.717, 1.165) is 17.4 Å². The molecular formula is C24H24BrClN2O3S. The summed E-state index contributed by atoms with van der Waals surface area (Å²) >= 11 is 9.46. The molecular weight excluding hydrogens is 512 g/mol. The van der Waals surface area contributed by atoms with E-state index in [1.807, 2.05) is 30.3 Å². The van der Waals surface area contributed by atoms with Crippen molar-refractivity contribution in [1.29, 1.82) is 0 Å². The van der Waals surface area contributed by atoms with Crippen molar-refractivity contribution >= 4 is 49.1 Å². The zero-order valence-electron chi connectivity index (χ0n) is 17.8. The number of hydrogen-bond acceptors (Lipinski definition) is 3. The molecule has 0 aliphatic rings. The highest BCUT2D eigenvalue weighted by Gasteiger charge is 2.19. The molecule has 0 saturated heterocycles. The quantitative estimate of drug-likeness (QED) is 0.408. The molecule has 168 valence electrons. The predicted octanol–water partition coefficient (Wildman–Crippen LogP) is 5.60. The standard InChI is InChI=1S/C24H24BrClN2O3S/c1-17(19-6-4-3-5-7-19)15-27-24(29)20-10-8-18(9-11-20)16-28(32(2,30)31)21-12-13-22(25)23(26)14-21/h3-14,17H,15-16H2,1-2H3,(H,27,29). The van der Waals surface area contributed by atoms with Crippen LogP contribution in [-0.4, -0.2) is 27.1 Å². The van der Waals surface area contributed by atoms with Gasteiger partial charge in [-0.3, -0.25) is 9.10 Å². The number of benzene rings is 3. The smallest absolute Gasteiger partial charge is 0.251 e. The number of amides is 1. The van der Waals surface area contributed by atoms with Gasteiger partial charge in [-0.05, 0) is 63.3 Å². The lowest BCUT2D eigenvalue weighted by molar-refractivity contribution is 0.0951. The third-order valence-corrected chi connectivity index (χ3v) is 7.44. The monoisotopic (exact) mass is 534 g/mol. The van der Waals surface area contributed by atoms with Crippen LogP contribution in [0.25, 0.3) is 0 Å². The average Bonchev–Trinajstić information content (AvgIpc) is 2.78. The summed E-state index contributed by atoms with van der Waals surface area (Å²) in [5, 5.41) is 3.38. The lowest BCUT2D eigenvalue weighted by Crippen LogP contribution is -2.29. The first kappa shape index (κ1) is 24.3. The predicted molar refractivity (Wildman–Crippen MR) is 134 cm³/mol. The summed E-state index contributed by atoms with van der Waals surface area (Å²) in [5.41, 5.74) is 2.91. The lowest BCUT2D eigenvalue weighted by Gasteiger charge is -2.23. The van der Waals surface area contributed by atoms with Crippen LogP contribution in [0.4, 0.5) is 5.69 Å². The topological polar surface area (TPSA) is 66.5 Å². The minimum absolute atomic E-state index is 0.129. The fourth-order valence-electron chi connectivity index (χ4n) is 3.21. The second-order valence-corrected chi connectivity index (χ2v) is 10.8. The summed E-state index contributed by atoms with van der Waals surface area (Å²) in [7, 11) is -3.54. The number of nitrogens with zero attached hydrogens (tertiary/aromatic N) is 1. The summed E-state index contributed by atoms with van der Waals surface area (Å²) in [6.07, 6.45) is 1.15. The number of halogens is 2. The maximum atomic E-state index is 12.5. The van der Waals surface area contributed by atoms with Crippen LogP contribution in [-0.2, 0) is 16.6 Å². The molecule has 0 aromatic heterocycles. The van der Waals surface area contributed by atoms with E-state index in [4.69, 9.17) is 11.6 Å². The second-order valence-electron chi connectivity index (χ2n) is 7.59. The van der Waals surface area contributed by atoms with E-state index in [2.05, 4.69) is 28.2 Å². The Hall–Kier alpha value is -2.35. The molecule has 0 radical (unpaired) electrons. The molecule has 3 aromatic rings. The Morgan fingerprint density at radius 3 is 2.31 bits per heavy atom. The third-order valence-electron chi connectivity index (χ3n) is 5.07. The minimum Gasteiger partial charge on any atom is -0.351 e. The van der Waals surface area contributed by atoms with Gasteiger partial charge >= 0.3 is 0 Å². The van der Waals surface area contributed by atoms with Crippen LogP contribution in [0, 0.1) is 0 Å². The van der Waals surface area contributed by atoms with Crippen molar-refractivity contribution in [3.05, 3.63) is 99.0 Å². The van der Waals surface area contributed by atoms with Gasteiger partial charge in [0, 0.05) is 16.6 Å². The first-order valence-electron chi connectivity index (χ1n) is 10.00. The van der Waals surface area contributed by atoms with Gasteiger partial charge in [0.15, 0.2) is 0 Å². The Morgan fingerprint density at radius 2 is 1.72 bits per heavy atom. The molecule has 1 N–H and O–H groups in total. The molecule has 1 unspecified atom stereocenters. The van der Waals surface area contributed by atoms with Crippen molar-refractivity contribution in [2.45, 2.75) is 19.4 Å². The number of nitrogens with one attached hydrogen (secondary N) is 1. The van der Waals surface area contributed by atoms with Crippen LogP contribution < -0.4 is 9.62 Å². The van der Waals surface area contributed by atoms with Gasteiger partial charge in [0.1, 0.15) is 0 Å². The Labute approximate surface area is 202 Å². The summed E-state index contributed by atoms with van der Waals surface area (Å²) in [5.74, 6) is 0.0273. The van der Waals surface area contributed by atoms with Crippen LogP contribution >= 0.6 is 27.5 Å². The fourth-order valence-corrected chi connectivity index (χ4v) is 4.52. The van der Waals surface area contributed by atoms with E-state index in [9.17, 15) is 13.2 Å². The molecule has 0 aliphatic heterocycles. The number of rotatable bonds is 8. The Morgan fingerprint density at radius 1 is 1.06 bits per heavy atom. The van der Waals surface area contributed by atoms with Gasteiger partial charge in [-0.25, -0.2) is 8.42 Å². The van der Waals surface area contributed by atoms with Crippen molar-refractivity contribution in [2.24, 2.45) is 0 Å². The van der Waals surface area contributed by atoms with E-state index < -0.39 is 10.0 Å². The van der Waals surface area contributed by atoms with Crippen molar-refractivity contribution in [2.75, 3.05) is 17.1 Å². The minimum atomic E-state index is -3.54. The summed E-state index contributed by atoms with van der Waals surface area (Å²) in [6, 6.07) is 21.9. The molecule has 0 saturated carbocycles. The zero-order chi connectivity index (χ0) is 23.3. The molecule has 0 heterocycles. The summed E-state index contributed by atoms with van der Waals surface area (Å²) in [6.45, 7) is 2.72. The highest BCUT2D eigenvalue weighted by Crippen LogP contribution is 2.29. The van der Waals surface area contributed by atoms with E-state index >= 15 is 0 Å². The number of carbonyl (C=O) groups is 1. The molecule has 0 bridgehead atoms. The number of sulfonamides is 1. The van der Waals surface area contributed by atoms with Gasteiger partial charge in [-0.2, -0.15) is 0 Å². The lowest BCUT2D eigenvalue weighted by atomic mass is 10.0. The molecule has 5 nitrogen and oxygen atoms in total. The van der Waals surface area contributed by atoms with Gasteiger partial charge < -0.3 is 5.32 Å². The van der Waals surface area contributed by atoms with Gasteiger partial charge in [-0.1, -0.05) is 61.0 Å². The van der Waals surface area contributed by atoms with Gasteiger partial charge in [0.05, 0.1) is 23.5 Å². The molecule has 8 heteroatoms. The molecule has 1 atom stereocenters. The highest BCUT2D eigenvalue weighted by atomic mass is 79.9. The Kier molecular flexibility index (Phi) is 7.98. The van der Waals surface area contributed by atoms with E-state index in [0.29, 0.717) is 27.3 Å². The van der Waals surface area contributed by atoms with Crippen molar-refractivity contribution in [3.63, 3.8) is 0 Å². The molecule has 0 aliphatic carbocycles. The maximum Gasteiger partial charge on any atom is 0.251 e. The number of hydrogen-bond donors (Lipinski definition) is 1. The van der Waals surface area contributed by atoms with E-state index in [1.165, 1.54) is 4.31 Å². The van der Waals surface area contributed by atoms with Crippen molar-refractivity contribution < 1.29 is 13.2 Å². The largest absolute Gasteiger partial charge is 0.351 e. The van der Waals surface area contributed by atoms with Gasteiger partial charge in [0.25, 0.3) is 5.91 Å². The normalized spacial score (nSPS) is 12.2. The van der Waals surface area contributed by atoms with Crippen LogP contribution in [0.3, 0.4) is 0 Å². The second kappa shape index (κ2) is 10.5. The highest BCUT2D eigenvalue weighted by molar-refractivity contribution is 9.10. The van der Waals surface area contributed by atoms with Crippen molar-refractivity contribution in [3.8, 4) is 0 Å². The van der Waals surface area contributed by atoms with Crippen molar-refractivity contribution in [1.82, 2.24) is 5.32 Å². The van der Waals surface area contributed by atoms with Crippen LogP contribution in [0.2, 0.25) is 5.02 Å². The Balaban J connectivity index is 1.68. The summed E-state index contributed by atoms with van der Waals surface area (Å²) < 4.78 is 26.7. The number of anilines is 1. The number of carbonyl (C=O) groups excluding carboxylic acids is 1. The van der Waals surface area contributed by atoms with Crippen LogP contribution in [0.15, 0.2) is 77.3 Å². The van der Waals surface area contributed by atoms with Crippen LogP contribution in [0.5, 0.6) is 0 Å². The SMILES string of the molecule is CC(CNC(=O)c1ccc(CN(c2ccc(Br)c(Cl)c2)S(C)(=O)=O)cc1)c1ccccc1. The first-order chi connectivity index (χ1) is 15.1. The Bertz CT molecular complexity index is 1190. The maximum absolute atomic E-state index is 12.5.